The van der Waals surface area contributed by atoms with Crippen LogP contribution in [-0.4, -0.2) is 29.5 Å². The molecule has 0 aromatic heterocycles. The van der Waals surface area contributed by atoms with Gasteiger partial charge in [-0.25, -0.2) is 9.69 Å². The molecule has 4 heteroatoms. The molecule has 1 aliphatic rings. The largest absolute Gasteiger partial charge is 0.447 e. The highest BCUT2D eigenvalue weighted by atomic mass is 16.6. The van der Waals surface area contributed by atoms with Crippen LogP contribution in [0.15, 0.2) is 30.3 Å². The molecule has 0 radical (unpaired) electrons. The predicted octanol–water partition coefficient (Wildman–Crippen LogP) is 3.40. The van der Waals surface area contributed by atoms with E-state index in [1.807, 2.05) is 30.3 Å². The van der Waals surface area contributed by atoms with E-state index in [2.05, 4.69) is 13.8 Å². The third kappa shape index (κ3) is 4.06. The highest BCUT2D eigenvalue weighted by Crippen LogP contribution is 2.20. The summed E-state index contributed by atoms with van der Waals surface area (Å²) in [5.41, 5.74) is 1.11. The Labute approximate surface area is 126 Å². The number of rotatable bonds is 6. The molecule has 0 unspecified atom stereocenters. The molecule has 2 amide bonds. The highest BCUT2D eigenvalue weighted by Gasteiger charge is 2.37. The standard InChI is InChI=1S/C17H23NO3/c1-3-13(2)9-10-16(19)18-15(12-21-17(18)20)11-14-7-5-4-6-8-14/h4-8,13,15H,3,9-12H2,1-2H3/t13-,15-/m1/s1. The molecule has 0 aliphatic carbocycles. The summed E-state index contributed by atoms with van der Waals surface area (Å²) in [4.78, 5) is 25.4. The van der Waals surface area contributed by atoms with E-state index in [9.17, 15) is 9.59 Å². The fraction of sp³-hybridized carbons (Fsp3) is 0.529. The maximum absolute atomic E-state index is 12.3. The minimum absolute atomic E-state index is 0.112. The number of amides is 2. The molecule has 2 rings (SSSR count). The van der Waals surface area contributed by atoms with Crippen LogP contribution in [0.25, 0.3) is 0 Å². The fourth-order valence-corrected chi connectivity index (χ4v) is 2.50. The Morgan fingerprint density at radius 3 is 2.76 bits per heavy atom. The Morgan fingerprint density at radius 2 is 2.10 bits per heavy atom. The van der Waals surface area contributed by atoms with Gasteiger partial charge in [0.15, 0.2) is 0 Å². The van der Waals surface area contributed by atoms with Gasteiger partial charge in [0, 0.05) is 6.42 Å². The summed E-state index contributed by atoms with van der Waals surface area (Å²) in [6, 6.07) is 9.71. The van der Waals surface area contributed by atoms with E-state index >= 15 is 0 Å². The Balaban J connectivity index is 1.98. The average Bonchev–Trinajstić information content (AvgIpc) is 2.86. The molecule has 4 nitrogen and oxygen atoms in total. The lowest BCUT2D eigenvalue weighted by Crippen LogP contribution is -2.40. The molecule has 114 valence electrons. The van der Waals surface area contributed by atoms with Crippen molar-refractivity contribution in [3.05, 3.63) is 35.9 Å². The Morgan fingerprint density at radius 1 is 1.38 bits per heavy atom. The van der Waals surface area contributed by atoms with Crippen LogP contribution in [0.2, 0.25) is 0 Å². The summed E-state index contributed by atoms with van der Waals surface area (Å²) in [5.74, 6) is 0.388. The second-order valence-electron chi connectivity index (χ2n) is 5.74. The van der Waals surface area contributed by atoms with Gasteiger partial charge in [-0.1, -0.05) is 50.6 Å². The molecular formula is C17H23NO3. The lowest BCUT2D eigenvalue weighted by molar-refractivity contribution is -0.129. The average molecular weight is 289 g/mol. The number of imide groups is 1. The third-order valence-corrected chi connectivity index (χ3v) is 4.09. The van der Waals surface area contributed by atoms with Gasteiger partial charge in [0.2, 0.25) is 5.91 Å². The zero-order chi connectivity index (χ0) is 15.2. The van der Waals surface area contributed by atoms with Gasteiger partial charge in [0.25, 0.3) is 0 Å². The fourth-order valence-electron chi connectivity index (χ4n) is 2.50. The van der Waals surface area contributed by atoms with E-state index in [0.717, 1.165) is 18.4 Å². The van der Waals surface area contributed by atoms with E-state index in [0.29, 0.717) is 25.4 Å². The van der Waals surface area contributed by atoms with Crippen molar-refractivity contribution in [3.63, 3.8) is 0 Å². The molecule has 0 N–H and O–H groups in total. The summed E-state index contributed by atoms with van der Waals surface area (Å²) < 4.78 is 5.07. The van der Waals surface area contributed by atoms with Crippen LogP contribution in [-0.2, 0) is 16.0 Å². The molecule has 1 aromatic rings. The molecule has 2 atom stereocenters. The van der Waals surface area contributed by atoms with Gasteiger partial charge in [0.1, 0.15) is 6.61 Å². The molecule has 0 spiro atoms. The van der Waals surface area contributed by atoms with E-state index in [-0.39, 0.29) is 11.9 Å². The maximum Gasteiger partial charge on any atom is 0.416 e. The van der Waals surface area contributed by atoms with Crippen LogP contribution in [0.4, 0.5) is 4.79 Å². The van der Waals surface area contributed by atoms with Gasteiger partial charge in [-0.2, -0.15) is 0 Å². The van der Waals surface area contributed by atoms with E-state index in [4.69, 9.17) is 4.74 Å². The second-order valence-corrected chi connectivity index (χ2v) is 5.74. The first-order chi connectivity index (χ1) is 10.1. The SMILES string of the molecule is CC[C@@H](C)CCC(=O)N1C(=O)OC[C@H]1Cc1ccccc1. The van der Waals surface area contributed by atoms with Crippen molar-refractivity contribution in [2.75, 3.05) is 6.61 Å². The molecule has 0 saturated carbocycles. The summed E-state index contributed by atoms with van der Waals surface area (Å²) in [6.45, 7) is 4.53. The minimum atomic E-state index is -0.495. The van der Waals surface area contributed by atoms with Crippen molar-refractivity contribution < 1.29 is 14.3 Å². The molecule has 1 aromatic carbocycles. The number of carbonyl (C=O) groups is 2. The number of cyclic esters (lactones) is 1. The normalized spacial score (nSPS) is 19.4. The van der Waals surface area contributed by atoms with Crippen LogP contribution < -0.4 is 0 Å². The van der Waals surface area contributed by atoms with Gasteiger partial charge in [-0.05, 0) is 24.3 Å². The molecule has 1 heterocycles. The van der Waals surface area contributed by atoms with Crippen molar-refractivity contribution >= 4 is 12.0 Å². The zero-order valence-corrected chi connectivity index (χ0v) is 12.7. The summed E-state index contributed by atoms with van der Waals surface area (Å²) >= 11 is 0. The summed E-state index contributed by atoms with van der Waals surface area (Å²) in [5, 5.41) is 0. The van der Waals surface area contributed by atoms with Crippen LogP contribution in [0, 0.1) is 5.92 Å². The number of carbonyl (C=O) groups excluding carboxylic acids is 2. The molecule has 1 fully saturated rings. The van der Waals surface area contributed by atoms with Crippen molar-refractivity contribution in [1.29, 1.82) is 0 Å². The van der Waals surface area contributed by atoms with Gasteiger partial charge < -0.3 is 4.74 Å². The van der Waals surface area contributed by atoms with E-state index in [1.165, 1.54) is 4.90 Å². The molecule has 21 heavy (non-hydrogen) atoms. The van der Waals surface area contributed by atoms with Gasteiger partial charge in [-0.3, -0.25) is 4.79 Å². The number of hydrogen-bond acceptors (Lipinski definition) is 3. The molecule has 0 bridgehead atoms. The minimum Gasteiger partial charge on any atom is -0.447 e. The van der Waals surface area contributed by atoms with Crippen molar-refractivity contribution in [2.45, 2.75) is 45.6 Å². The van der Waals surface area contributed by atoms with Crippen LogP contribution in [0.5, 0.6) is 0 Å². The zero-order valence-electron chi connectivity index (χ0n) is 12.7. The molecule has 1 saturated heterocycles. The highest BCUT2D eigenvalue weighted by molar-refractivity contribution is 5.93. The second kappa shape index (κ2) is 7.25. The van der Waals surface area contributed by atoms with E-state index in [1.54, 1.807) is 0 Å². The molecule has 1 aliphatic heterocycles. The first-order valence-corrected chi connectivity index (χ1v) is 7.64. The summed E-state index contributed by atoms with van der Waals surface area (Å²) in [6.07, 6.45) is 2.43. The van der Waals surface area contributed by atoms with Crippen LogP contribution >= 0.6 is 0 Å². The number of nitrogens with zero attached hydrogens (tertiary/aromatic N) is 1. The number of benzene rings is 1. The van der Waals surface area contributed by atoms with Crippen LogP contribution in [0.3, 0.4) is 0 Å². The van der Waals surface area contributed by atoms with Crippen molar-refractivity contribution in [1.82, 2.24) is 4.90 Å². The van der Waals surface area contributed by atoms with Crippen molar-refractivity contribution in [2.24, 2.45) is 5.92 Å². The number of hydrogen-bond donors (Lipinski definition) is 0. The van der Waals surface area contributed by atoms with Gasteiger partial charge in [0.05, 0.1) is 6.04 Å². The Hall–Kier alpha value is -1.84. The molecular weight excluding hydrogens is 266 g/mol. The lowest BCUT2D eigenvalue weighted by Gasteiger charge is -2.20. The maximum atomic E-state index is 12.3. The van der Waals surface area contributed by atoms with Crippen molar-refractivity contribution in [3.8, 4) is 0 Å². The monoisotopic (exact) mass is 289 g/mol. The predicted molar refractivity (Wildman–Crippen MR) is 80.8 cm³/mol. The number of ether oxygens (including phenoxy) is 1. The topological polar surface area (TPSA) is 46.6 Å². The third-order valence-electron chi connectivity index (χ3n) is 4.09. The van der Waals surface area contributed by atoms with Gasteiger partial charge in [-0.15, -0.1) is 0 Å². The quantitative estimate of drug-likeness (QED) is 0.806. The first-order valence-electron chi connectivity index (χ1n) is 7.64. The Kier molecular flexibility index (Phi) is 5.37. The van der Waals surface area contributed by atoms with Crippen LogP contribution in [0.1, 0.15) is 38.7 Å². The Bertz CT molecular complexity index is 486. The summed E-state index contributed by atoms with van der Waals surface area (Å²) in [7, 11) is 0. The van der Waals surface area contributed by atoms with Gasteiger partial charge >= 0.3 is 6.09 Å². The van der Waals surface area contributed by atoms with E-state index < -0.39 is 6.09 Å². The lowest BCUT2D eigenvalue weighted by atomic mass is 10.0. The first kappa shape index (κ1) is 15.5. The smallest absolute Gasteiger partial charge is 0.416 e.